The Balaban J connectivity index is 1.36. The summed E-state index contributed by atoms with van der Waals surface area (Å²) in [7, 11) is 1.57. The first-order valence-corrected chi connectivity index (χ1v) is 11.6. The summed E-state index contributed by atoms with van der Waals surface area (Å²) in [6.45, 7) is 3.51. The number of carbonyl (C=O) groups is 2. The van der Waals surface area contributed by atoms with Crippen LogP contribution in [0.25, 0.3) is 0 Å². The minimum absolute atomic E-state index is 0.0430. The highest BCUT2D eigenvalue weighted by atomic mass is 16.5. The standard InChI is InChI=1S/C27H30N4O3/c1-3-19-7-6-8-22(17-19)29-26(32)20-12-15-31(16-13-20)25-18-21(11-14-28-25)27(33)30-23-9-4-5-10-24(23)34-2/h4-11,14,17-18,20H,3,12-13,15-16H2,1-2H3,(H,29,32)(H,30,33). The molecule has 0 spiro atoms. The number of hydrogen-bond acceptors (Lipinski definition) is 5. The van der Waals surface area contributed by atoms with Crippen molar-refractivity contribution in [2.75, 3.05) is 35.7 Å². The van der Waals surface area contributed by atoms with Crippen LogP contribution in [0.15, 0.2) is 66.9 Å². The van der Waals surface area contributed by atoms with Gasteiger partial charge in [0.05, 0.1) is 12.8 Å². The Morgan fingerprint density at radius 2 is 1.82 bits per heavy atom. The van der Waals surface area contributed by atoms with Gasteiger partial charge in [0.1, 0.15) is 11.6 Å². The fourth-order valence-electron chi connectivity index (χ4n) is 4.16. The molecule has 0 aliphatic carbocycles. The van der Waals surface area contributed by atoms with Crippen molar-refractivity contribution in [3.8, 4) is 5.75 Å². The number of methoxy groups -OCH3 is 1. The first kappa shape index (κ1) is 23.3. The molecule has 3 aromatic rings. The molecule has 1 saturated heterocycles. The molecule has 0 bridgehead atoms. The summed E-state index contributed by atoms with van der Waals surface area (Å²) in [4.78, 5) is 32.2. The Kier molecular flexibility index (Phi) is 7.42. The van der Waals surface area contributed by atoms with E-state index in [9.17, 15) is 9.59 Å². The number of benzene rings is 2. The molecule has 1 aliphatic heterocycles. The van der Waals surface area contributed by atoms with Crippen molar-refractivity contribution in [2.24, 2.45) is 5.92 Å². The Morgan fingerprint density at radius 1 is 1.03 bits per heavy atom. The summed E-state index contributed by atoms with van der Waals surface area (Å²) < 4.78 is 5.31. The van der Waals surface area contributed by atoms with E-state index in [0.29, 0.717) is 30.1 Å². The fraction of sp³-hybridized carbons (Fsp3) is 0.296. The molecule has 0 atom stereocenters. The van der Waals surface area contributed by atoms with Gasteiger partial charge in [-0.25, -0.2) is 4.98 Å². The zero-order chi connectivity index (χ0) is 23.9. The minimum atomic E-state index is -0.225. The van der Waals surface area contributed by atoms with Crippen molar-refractivity contribution >= 4 is 29.0 Å². The number of pyridine rings is 1. The topological polar surface area (TPSA) is 83.6 Å². The van der Waals surface area contributed by atoms with E-state index in [-0.39, 0.29) is 17.7 Å². The van der Waals surface area contributed by atoms with E-state index < -0.39 is 0 Å². The summed E-state index contributed by atoms with van der Waals surface area (Å²) in [5.74, 6) is 1.13. The SMILES string of the molecule is CCc1cccc(NC(=O)C2CCN(c3cc(C(=O)Nc4ccccc4OC)ccn3)CC2)c1. The number of nitrogens with one attached hydrogen (secondary N) is 2. The molecule has 1 aromatic heterocycles. The first-order valence-electron chi connectivity index (χ1n) is 11.6. The van der Waals surface area contributed by atoms with Gasteiger partial charge < -0.3 is 20.3 Å². The molecule has 2 N–H and O–H groups in total. The molecule has 1 aliphatic rings. The lowest BCUT2D eigenvalue weighted by atomic mass is 9.95. The van der Waals surface area contributed by atoms with Crippen LogP contribution in [0.2, 0.25) is 0 Å². The van der Waals surface area contributed by atoms with E-state index >= 15 is 0 Å². The number of ether oxygens (including phenoxy) is 1. The molecular formula is C27H30N4O3. The van der Waals surface area contributed by atoms with Gasteiger partial charge in [0.2, 0.25) is 5.91 Å². The zero-order valence-electron chi connectivity index (χ0n) is 19.6. The van der Waals surface area contributed by atoms with Crippen LogP contribution in [0.5, 0.6) is 5.75 Å². The van der Waals surface area contributed by atoms with Crippen LogP contribution in [0, 0.1) is 5.92 Å². The fourth-order valence-corrected chi connectivity index (χ4v) is 4.16. The maximum Gasteiger partial charge on any atom is 0.255 e. The molecular weight excluding hydrogens is 428 g/mol. The molecule has 34 heavy (non-hydrogen) atoms. The largest absolute Gasteiger partial charge is 0.495 e. The smallest absolute Gasteiger partial charge is 0.255 e. The van der Waals surface area contributed by atoms with E-state index in [1.165, 1.54) is 5.56 Å². The second-order valence-electron chi connectivity index (χ2n) is 8.36. The predicted octanol–water partition coefficient (Wildman–Crippen LogP) is 4.76. The Morgan fingerprint density at radius 3 is 2.59 bits per heavy atom. The molecule has 2 amide bonds. The summed E-state index contributed by atoms with van der Waals surface area (Å²) in [6.07, 6.45) is 4.05. The van der Waals surface area contributed by atoms with E-state index in [0.717, 1.165) is 30.8 Å². The normalized spacial score (nSPS) is 13.9. The van der Waals surface area contributed by atoms with Crippen molar-refractivity contribution in [2.45, 2.75) is 26.2 Å². The van der Waals surface area contributed by atoms with E-state index in [2.05, 4.69) is 33.5 Å². The zero-order valence-corrected chi connectivity index (χ0v) is 19.6. The number of aromatic nitrogens is 1. The van der Waals surface area contributed by atoms with Gasteiger partial charge in [0.15, 0.2) is 0 Å². The summed E-state index contributed by atoms with van der Waals surface area (Å²) in [6, 6.07) is 18.8. The van der Waals surface area contributed by atoms with Gasteiger partial charge in [-0.1, -0.05) is 31.2 Å². The minimum Gasteiger partial charge on any atom is -0.495 e. The number of hydrogen-bond donors (Lipinski definition) is 2. The monoisotopic (exact) mass is 458 g/mol. The summed E-state index contributed by atoms with van der Waals surface area (Å²) >= 11 is 0. The summed E-state index contributed by atoms with van der Waals surface area (Å²) in [5, 5.41) is 5.96. The van der Waals surface area contributed by atoms with Crippen molar-refractivity contribution in [1.29, 1.82) is 0 Å². The molecule has 7 heteroatoms. The van der Waals surface area contributed by atoms with Crippen LogP contribution in [-0.4, -0.2) is 37.0 Å². The number of anilines is 3. The van der Waals surface area contributed by atoms with Crippen LogP contribution in [0.4, 0.5) is 17.2 Å². The molecule has 2 heterocycles. The van der Waals surface area contributed by atoms with Crippen LogP contribution in [0.3, 0.4) is 0 Å². The van der Waals surface area contributed by atoms with E-state index in [1.54, 1.807) is 37.6 Å². The van der Waals surface area contributed by atoms with Crippen molar-refractivity contribution < 1.29 is 14.3 Å². The number of nitrogens with zero attached hydrogens (tertiary/aromatic N) is 2. The number of rotatable bonds is 7. The molecule has 176 valence electrons. The second-order valence-corrected chi connectivity index (χ2v) is 8.36. The van der Waals surface area contributed by atoms with Gasteiger partial charge in [-0.15, -0.1) is 0 Å². The lowest BCUT2D eigenvalue weighted by Crippen LogP contribution is -2.38. The molecule has 0 radical (unpaired) electrons. The third-order valence-corrected chi connectivity index (χ3v) is 6.16. The highest BCUT2D eigenvalue weighted by molar-refractivity contribution is 6.05. The highest BCUT2D eigenvalue weighted by Gasteiger charge is 2.26. The van der Waals surface area contributed by atoms with Gasteiger partial charge in [-0.2, -0.15) is 0 Å². The number of aryl methyl sites for hydroxylation is 1. The first-order chi connectivity index (χ1) is 16.6. The van der Waals surface area contributed by atoms with Crippen molar-refractivity contribution in [3.05, 3.63) is 78.0 Å². The second kappa shape index (κ2) is 10.8. The molecule has 0 saturated carbocycles. The van der Waals surface area contributed by atoms with Gasteiger partial charge in [-0.3, -0.25) is 9.59 Å². The Bertz CT molecular complexity index is 1160. The van der Waals surface area contributed by atoms with Crippen LogP contribution in [0.1, 0.15) is 35.7 Å². The predicted molar refractivity (Wildman–Crippen MR) is 135 cm³/mol. The van der Waals surface area contributed by atoms with Crippen LogP contribution < -0.4 is 20.3 Å². The number of para-hydroxylation sites is 2. The maximum absolute atomic E-state index is 12.8. The van der Waals surface area contributed by atoms with Crippen LogP contribution >= 0.6 is 0 Å². The van der Waals surface area contributed by atoms with E-state index in [1.807, 2.05) is 30.3 Å². The third-order valence-electron chi connectivity index (χ3n) is 6.16. The summed E-state index contributed by atoms with van der Waals surface area (Å²) in [5.41, 5.74) is 3.19. The van der Waals surface area contributed by atoms with Crippen molar-refractivity contribution in [1.82, 2.24) is 4.98 Å². The molecule has 4 rings (SSSR count). The van der Waals surface area contributed by atoms with Gasteiger partial charge >= 0.3 is 0 Å². The lowest BCUT2D eigenvalue weighted by Gasteiger charge is -2.32. The lowest BCUT2D eigenvalue weighted by molar-refractivity contribution is -0.120. The van der Waals surface area contributed by atoms with Crippen LogP contribution in [-0.2, 0) is 11.2 Å². The number of piperidine rings is 1. The highest BCUT2D eigenvalue weighted by Crippen LogP contribution is 2.26. The molecule has 0 unspecified atom stereocenters. The number of carbonyl (C=O) groups excluding carboxylic acids is 2. The third kappa shape index (κ3) is 5.54. The average molecular weight is 459 g/mol. The van der Waals surface area contributed by atoms with E-state index in [4.69, 9.17) is 4.74 Å². The molecule has 7 nitrogen and oxygen atoms in total. The van der Waals surface area contributed by atoms with Gasteiger partial charge in [-0.05, 0) is 61.2 Å². The average Bonchev–Trinajstić information content (AvgIpc) is 2.89. The quantitative estimate of drug-likeness (QED) is 0.533. The maximum atomic E-state index is 12.8. The Labute approximate surface area is 200 Å². The number of amides is 2. The Hall–Kier alpha value is -3.87. The van der Waals surface area contributed by atoms with Gasteiger partial charge in [0, 0.05) is 36.5 Å². The molecule has 2 aromatic carbocycles. The molecule has 1 fully saturated rings. The van der Waals surface area contributed by atoms with Crippen molar-refractivity contribution in [3.63, 3.8) is 0 Å². The van der Waals surface area contributed by atoms with Gasteiger partial charge in [0.25, 0.3) is 5.91 Å².